The zero-order valence-electron chi connectivity index (χ0n) is 11.0. The Hall–Kier alpha value is -1.65. The van der Waals surface area contributed by atoms with Gasteiger partial charge in [0.25, 0.3) is 11.8 Å². The van der Waals surface area contributed by atoms with E-state index in [1.807, 2.05) is 13.8 Å². The Morgan fingerprint density at radius 1 is 1.22 bits per heavy atom. The molecule has 0 radical (unpaired) electrons. The van der Waals surface area contributed by atoms with E-state index >= 15 is 0 Å². The van der Waals surface area contributed by atoms with E-state index < -0.39 is 23.8 Å². The molecule has 0 spiro atoms. The van der Waals surface area contributed by atoms with Crippen LogP contribution in [-0.2, 0) is 19.1 Å². The molecule has 1 rings (SSSR count). The highest BCUT2D eigenvalue weighted by Gasteiger charge is 2.33. The fourth-order valence-corrected chi connectivity index (χ4v) is 1.74. The Kier molecular flexibility index (Phi) is 5.07. The van der Waals surface area contributed by atoms with E-state index in [1.165, 1.54) is 6.92 Å². The lowest BCUT2D eigenvalue weighted by Crippen LogP contribution is -2.44. The molecule has 1 heterocycles. The summed E-state index contributed by atoms with van der Waals surface area (Å²) in [7, 11) is 0. The molecular formula is C13H19NO4. The molecule has 1 aliphatic heterocycles. The summed E-state index contributed by atoms with van der Waals surface area (Å²) in [5, 5.41) is 0. The second-order valence-electron chi connectivity index (χ2n) is 4.37. The molecule has 0 fully saturated rings. The van der Waals surface area contributed by atoms with E-state index in [0.29, 0.717) is 12.5 Å². The van der Waals surface area contributed by atoms with Crippen LogP contribution in [-0.4, -0.2) is 35.3 Å². The maximum atomic E-state index is 11.8. The lowest BCUT2D eigenvalue weighted by Gasteiger charge is -2.22. The van der Waals surface area contributed by atoms with Crippen LogP contribution >= 0.6 is 0 Å². The molecule has 0 saturated carbocycles. The van der Waals surface area contributed by atoms with Crippen LogP contribution in [0, 0.1) is 5.92 Å². The number of amides is 2. The Labute approximate surface area is 107 Å². The van der Waals surface area contributed by atoms with E-state index in [1.54, 1.807) is 0 Å². The number of hydrogen-bond acceptors (Lipinski definition) is 4. The van der Waals surface area contributed by atoms with Gasteiger partial charge in [0.15, 0.2) is 0 Å². The Balaban J connectivity index is 2.52. The van der Waals surface area contributed by atoms with Gasteiger partial charge in [-0.3, -0.25) is 14.5 Å². The lowest BCUT2D eigenvalue weighted by molar-refractivity contribution is -0.157. The minimum Gasteiger partial charge on any atom is -0.464 e. The SMILES string of the molecule is CCC(CC)COC(=O)C(C)N1C(=O)C=CC1=O. The summed E-state index contributed by atoms with van der Waals surface area (Å²) < 4.78 is 5.14. The topological polar surface area (TPSA) is 63.7 Å². The van der Waals surface area contributed by atoms with Crippen molar-refractivity contribution in [1.82, 2.24) is 4.90 Å². The summed E-state index contributed by atoms with van der Waals surface area (Å²) in [5.74, 6) is -1.14. The van der Waals surface area contributed by atoms with Gasteiger partial charge in [0.1, 0.15) is 6.04 Å². The van der Waals surface area contributed by atoms with Crippen molar-refractivity contribution in [3.8, 4) is 0 Å². The van der Waals surface area contributed by atoms with Crippen LogP contribution in [0.5, 0.6) is 0 Å². The van der Waals surface area contributed by atoms with Gasteiger partial charge in [-0.25, -0.2) is 4.79 Å². The maximum absolute atomic E-state index is 11.8. The summed E-state index contributed by atoms with van der Waals surface area (Å²) in [5.41, 5.74) is 0. The first-order valence-corrected chi connectivity index (χ1v) is 6.23. The minimum absolute atomic E-state index is 0.323. The molecule has 0 bridgehead atoms. The molecule has 0 aromatic rings. The predicted octanol–water partition coefficient (Wildman–Crippen LogP) is 1.28. The quantitative estimate of drug-likeness (QED) is 0.528. The number of rotatable bonds is 6. The molecule has 1 aliphatic rings. The second kappa shape index (κ2) is 6.33. The van der Waals surface area contributed by atoms with Crippen LogP contribution in [0.15, 0.2) is 12.2 Å². The summed E-state index contributed by atoms with van der Waals surface area (Å²) in [6.07, 6.45) is 4.18. The largest absolute Gasteiger partial charge is 0.464 e. The lowest BCUT2D eigenvalue weighted by atomic mass is 10.1. The van der Waals surface area contributed by atoms with Crippen molar-refractivity contribution in [2.45, 2.75) is 39.7 Å². The first-order chi connectivity index (χ1) is 8.51. The number of nitrogens with zero attached hydrogens (tertiary/aromatic N) is 1. The first-order valence-electron chi connectivity index (χ1n) is 6.23. The van der Waals surface area contributed by atoms with E-state index in [2.05, 4.69) is 0 Å². The molecular weight excluding hydrogens is 234 g/mol. The van der Waals surface area contributed by atoms with Crippen molar-refractivity contribution in [3.63, 3.8) is 0 Å². The molecule has 0 saturated heterocycles. The third-order valence-corrected chi connectivity index (χ3v) is 3.19. The van der Waals surface area contributed by atoms with Crippen LogP contribution in [0.1, 0.15) is 33.6 Å². The van der Waals surface area contributed by atoms with Crippen LogP contribution in [0.3, 0.4) is 0 Å². The molecule has 5 nitrogen and oxygen atoms in total. The minimum atomic E-state index is -0.866. The molecule has 0 N–H and O–H groups in total. The maximum Gasteiger partial charge on any atom is 0.329 e. The van der Waals surface area contributed by atoms with Gasteiger partial charge in [-0.05, 0) is 12.8 Å². The number of carbonyl (C=O) groups excluding carboxylic acids is 3. The number of esters is 1. The summed E-state index contributed by atoms with van der Waals surface area (Å²) >= 11 is 0. The zero-order chi connectivity index (χ0) is 13.7. The standard InChI is InChI=1S/C13H19NO4/c1-4-10(5-2)8-18-13(17)9(3)14-11(15)6-7-12(14)16/h6-7,9-10H,4-5,8H2,1-3H3. The molecule has 1 atom stereocenters. The molecule has 18 heavy (non-hydrogen) atoms. The highest BCUT2D eigenvalue weighted by molar-refractivity contribution is 6.14. The van der Waals surface area contributed by atoms with Crippen LogP contribution in [0.25, 0.3) is 0 Å². The fourth-order valence-electron chi connectivity index (χ4n) is 1.74. The van der Waals surface area contributed by atoms with Crippen molar-refractivity contribution in [1.29, 1.82) is 0 Å². The summed E-state index contributed by atoms with van der Waals surface area (Å²) in [6, 6.07) is -0.866. The Bertz CT molecular complexity index is 353. The predicted molar refractivity (Wildman–Crippen MR) is 65.5 cm³/mol. The molecule has 100 valence electrons. The first kappa shape index (κ1) is 14.4. The van der Waals surface area contributed by atoms with Gasteiger partial charge in [0, 0.05) is 12.2 Å². The fraction of sp³-hybridized carbons (Fsp3) is 0.615. The molecule has 2 amide bonds. The average molecular weight is 253 g/mol. The van der Waals surface area contributed by atoms with Gasteiger partial charge in [0.2, 0.25) is 0 Å². The van der Waals surface area contributed by atoms with Gasteiger partial charge in [-0.1, -0.05) is 26.7 Å². The highest BCUT2D eigenvalue weighted by atomic mass is 16.5. The van der Waals surface area contributed by atoms with Gasteiger partial charge in [-0.15, -0.1) is 0 Å². The van der Waals surface area contributed by atoms with Crippen molar-refractivity contribution >= 4 is 17.8 Å². The van der Waals surface area contributed by atoms with Crippen LogP contribution in [0.4, 0.5) is 0 Å². The van der Waals surface area contributed by atoms with Gasteiger partial charge < -0.3 is 4.74 Å². The van der Waals surface area contributed by atoms with E-state index in [0.717, 1.165) is 29.9 Å². The normalized spacial score (nSPS) is 16.6. The van der Waals surface area contributed by atoms with Gasteiger partial charge >= 0.3 is 5.97 Å². The van der Waals surface area contributed by atoms with Crippen LogP contribution in [0.2, 0.25) is 0 Å². The Morgan fingerprint density at radius 2 is 1.72 bits per heavy atom. The van der Waals surface area contributed by atoms with E-state index in [9.17, 15) is 14.4 Å². The van der Waals surface area contributed by atoms with E-state index in [-0.39, 0.29) is 0 Å². The van der Waals surface area contributed by atoms with Crippen LogP contribution < -0.4 is 0 Å². The zero-order valence-corrected chi connectivity index (χ0v) is 11.0. The van der Waals surface area contributed by atoms with Gasteiger partial charge in [-0.2, -0.15) is 0 Å². The van der Waals surface area contributed by atoms with Gasteiger partial charge in [0.05, 0.1) is 6.61 Å². The third-order valence-electron chi connectivity index (χ3n) is 3.19. The van der Waals surface area contributed by atoms with Crippen molar-refractivity contribution in [3.05, 3.63) is 12.2 Å². The Morgan fingerprint density at radius 3 is 2.17 bits per heavy atom. The molecule has 0 aromatic heterocycles. The van der Waals surface area contributed by atoms with Crippen molar-refractivity contribution in [2.24, 2.45) is 5.92 Å². The smallest absolute Gasteiger partial charge is 0.329 e. The average Bonchev–Trinajstić information content (AvgIpc) is 2.69. The molecule has 1 unspecified atom stereocenters. The monoisotopic (exact) mass is 253 g/mol. The summed E-state index contributed by atoms with van der Waals surface area (Å²) in [6.45, 7) is 5.89. The molecule has 0 aliphatic carbocycles. The summed E-state index contributed by atoms with van der Waals surface area (Å²) in [4.78, 5) is 35.5. The second-order valence-corrected chi connectivity index (χ2v) is 4.37. The molecule has 5 heteroatoms. The third kappa shape index (κ3) is 3.18. The number of ether oxygens (including phenoxy) is 1. The molecule has 0 aromatic carbocycles. The van der Waals surface area contributed by atoms with Crippen molar-refractivity contribution < 1.29 is 19.1 Å². The van der Waals surface area contributed by atoms with E-state index in [4.69, 9.17) is 4.74 Å². The number of imide groups is 1. The number of hydrogen-bond donors (Lipinski definition) is 0. The number of carbonyl (C=O) groups is 3. The van der Waals surface area contributed by atoms with Crippen molar-refractivity contribution in [2.75, 3.05) is 6.61 Å². The highest BCUT2D eigenvalue weighted by Crippen LogP contribution is 2.12.